The lowest BCUT2D eigenvalue weighted by atomic mass is 9.84. The van der Waals surface area contributed by atoms with E-state index in [0.717, 1.165) is 25.7 Å². The Morgan fingerprint density at radius 3 is 1.10 bits per heavy atom. The zero-order valence-electron chi connectivity index (χ0n) is 18.7. The highest BCUT2D eigenvalue weighted by Gasteiger charge is 2.53. The molecule has 1 rings (SSSR count). The molecule has 6 atom stereocenters. The van der Waals surface area contributed by atoms with E-state index in [2.05, 4.69) is 0 Å². The van der Waals surface area contributed by atoms with E-state index in [0.29, 0.717) is 25.7 Å². The second-order valence-corrected chi connectivity index (χ2v) is 8.31. The van der Waals surface area contributed by atoms with E-state index < -0.39 is 60.4 Å². The van der Waals surface area contributed by atoms with Crippen LogP contribution in [0, 0.1) is 11.8 Å². The van der Waals surface area contributed by atoms with Gasteiger partial charge in [0.15, 0.2) is 12.2 Å². The molecule has 0 unspecified atom stereocenters. The van der Waals surface area contributed by atoms with Gasteiger partial charge < -0.3 is 29.9 Å². The minimum Gasteiger partial charge on any atom is -0.455 e. The van der Waals surface area contributed by atoms with Crippen LogP contribution in [0.25, 0.3) is 0 Å². The predicted octanol–water partition coefficient (Wildman–Crippen LogP) is 1.70. The van der Waals surface area contributed by atoms with Crippen molar-refractivity contribution in [3.05, 3.63) is 0 Å². The number of carbonyl (C=O) groups excluding carboxylic acids is 2. The van der Waals surface area contributed by atoms with Gasteiger partial charge in [0, 0.05) is 0 Å². The summed E-state index contributed by atoms with van der Waals surface area (Å²) in [5, 5.41) is 41.1. The maximum Gasteiger partial charge on any atom is 0.309 e. The topological polar surface area (TPSA) is 134 Å². The third kappa shape index (κ3) is 6.90. The fourth-order valence-corrected chi connectivity index (χ4v) is 4.07. The van der Waals surface area contributed by atoms with Crippen molar-refractivity contribution in [1.82, 2.24) is 0 Å². The van der Waals surface area contributed by atoms with Crippen LogP contribution in [0.3, 0.4) is 0 Å². The van der Waals surface area contributed by atoms with Gasteiger partial charge in [0.2, 0.25) is 0 Å². The maximum atomic E-state index is 12.7. The van der Waals surface area contributed by atoms with Gasteiger partial charge in [-0.05, 0) is 25.7 Å². The Morgan fingerprint density at radius 2 is 0.867 bits per heavy atom. The highest BCUT2D eigenvalue weighted by molar-refractivity contribution is 5.74. The molecular formula is C22H40O8. The molecule has 0 bridgehead atoms. The molecule has 1 aliphatic carbocycles. The molecule has 0 aromatic rings. The maximum absolute atomic E-state index is 12.7. The average molecular weight is 433 g/mol. The Balaban J connectivity index is 3.07. The van der Waals surface area contributed by atoms with Crippen LogP contribution >= 0.6 is 0 Å². The number of aliphatic hydroxyl groups is 4. The summed E-state index contributed by atoms with van der Waals surface area (Å²) in [6.07, 6.45) is -4.29. The second kappa shape index (κ2) is 13.2. The first-order chi connectivity index (χ1) is 14.2. The molecule has 176 valence electrons. The summed E-state index contributed by atoms with van der Waals surface area (Å²) in [7, 11) is 0. The molecule has 30 heavy (non-hydrogen) atoms. The van der Waals surface area contributed by atoms with Crippen LogP contribution in [0.2, 0.25) is 0 Å². The fraction of sp³-hybridized carbons (Fsp3) is 0.909. The third-order valence-corrected chi connectivity index (χ3v) is 5.77. The van der Waals surface area contributed by atoms with Crippen molar-refractivity contribution in [3.63, 3.8) is 0 Å². The summed E-state index contributed by atoms with van der Waals surface area (Å²) in [4.78, 5) is 25.4. The first-order valence-electron chi connectivity index (χ1n) is 11.4. The van der Waals surface area contributed by atoms with Crippen LogP contribution < -0.4 is 0 Å². The van der Waals surface area contributed by atoms with Crippen LogP contribution in [-0.2, 0) is 19.1 Å². The van der Waals surface area contributed by atoms with Crippen LogP contribution in [-0.4, -0.2) is 69.0 Å². The number of esters is 2. The van der Waals surface area contributed by atoms with Crippen molar-refractivity contribution >= 4 is 11.9 Å². The molecule has 0 saturated heterocycles. The Bertz CT molecular complexity index is 467. The Morgan fingerprint density at radius 1 is 0.600 bits per heavy atom. The zero-order chi connectivity index (χ0) is 22.8. The summed E-state index contributed by atoms with van der Waals surface area (Å²) >= 11 is 0. The van der Waals surface area contributed by atoms with Crippen molar-refractivity contribution in [2.75, 3.05) is 0 Å². The SMILES string of the molecule is CCCC(CCC)C(=O)O[C@H]1[C@H](O)[C@H](O)[C@H](O)[C@@H](O)[C@@H]1OC(=O)C(CCC)CCC. The van der Waals surface area contributed by atoms with Gasteiger partial charge in [-0.2, -0.15) is 0 Å². The molecule has 4 N–H and O–H groups in total. The molecule has 1 saturated carbocycles. The molecule has 8 heteroatoms. The number of hydrogen-bond donors (Lipinski definition) is 4. The van der Waals surface area contributed by atoms with E-state index in [4.69, 9.17) is 9.47 Å². The van der Waals surface area contributed by atoms with Crippen molar-refractivity contribution in [2.45, 2.75) is 116 Å². The van der Waals surface area contributed by atoms with E-state index in [1.165, 1.54) is 0 Å². The van der Waals surface area contributed by atoms with E-state index in [-0.39, 0.29) is 0 Å². The fourth-order valence-electron chi connectivity index (χ4n) is 4.07. The molecule has 0 aromatic heterocycles. The normalized spacial score (nSPS) is 29.3. The monoisotopic (exact) mass is 432 g/mol. The summed E-state index contributed by atoms with van der Waals surface area (Å²) < 4.78 is 11.0. The van der Waals surface area contributed by atoms with Gasteiger partial charge in [0.05, 0.1) is 11.8 Å². The molecule has 8 nitrogen and oxygen atoms in total. The zero-order valence-corrected chi connectivity index (χ0v) is 18.7. The molecular weight excluding hydrogens is 392 g/mol. The van der Waals surface area contributed by atoms with Crippen molar-refractivity contribution < 1.29 is 39.5 Å². The van der Waals surface area contributed by atoms with Crippen molar-refractivity contribution in [1.29, 1.82) is 0 Å². The third-order valence-electron chi connectivity index (χ3n) is 5.77. The molecule has 1 fully saturated rings. The van der Waals surface area contributed by atoms with Gasteiger partial charge in [-0.25, -0.2) is 0 Å². The Kier molecular flexibility index (Phi) is 11.8. The van der Waals surface area contributed by atoms with Gasteiger partial charge in [-0.15, -0.1) is 0 Å². The van der Waals surface area contributed by atoms with E-state index in [9.17, 15) is 30.0 Å². The molecule has 0 radical (unpaired) electrons. The standard InChI is InChI=1S/C22H40O8/c1-5-9-13(10-6-2)21(27)29-19-17(25)15(23)16(24)18(26)20(19)30-22(28)14(11-7-3)12-8-4/h13-20,23-26H,5-12H2,1-4H3/t15-,16+,17-,18-,19+,20+/m1/s1. The van der Waals surface area contributed by atoms with Crippen LogP contribution in [0.5, 0.6) is 0 Å². The number of hydrogen-bond acceptors (Lipinski definition) is 8. The van der Waals surface area contributed by atoms with E-state index >= 15 is 0 Å². The quantitative estimate of drug-likeness (QED) is 0.343. The van der Waals surface area contributed by atoms with E-state index in [1.54, 1.807) is 0 Å². The molecule has 0 aromatic carbocycles. The number of rotatable bonds is 12. The van der Waals surface area contributed by atoms with Crippen LogP contribution in [0.15, 0.2) is 0 Å². The summed E-state index contributed by atoms with van der Waals surface area (Å²) in [6, 6.07) is 0. The minimum atomic E-state index is -1.73. The first-order valence-corrected chi connectivity index (χ1v) is 11.4. The lowest BCUT2D eigenvalue weighted by molar-refractivity contribution is -0.244. The molecule has 0 spiro atoms. The van der Waals surface area contributed by atoms with Gasteiger partial charge in [-0.1, -0.05) is 53.4 Å². The molecule has 0 aliphatic heterocycles. The van der Waals surface area contributed by atoms with Gasteiger partial charge in [0.25, 0.3) is 0 Å². The second-order valence-electron chi connectivity index (χ2n) is 8.31. The smallest absolute Gasteiger partial charge is 0.309 e. The summed E-state index contributed by atoms with van der Waals surface area (Å²) in [6.45, 7) is 7.78. The lowest BCUT2D eigenvalue weighted by Gasteiger charge is -2.43. The first kappa shape index (κ1) is 26.8. The molecule has 1 aliphatic rings. The largest absolute Gasteiger partial charge is 0.455 e. The average Bonchev–Trinajstić information content (AvgIpc) is 2.72. The van der Waals surface area contributed by atoms with Crippen molar-refractivity contribution in [2.24, 2.45) is 11.8 Å². The highest BCUT2D eigenvalue weighted by Crippen LogP contribution is 2.29. The Labute approximate surface area is 179 Å². The molecule has 0 heterocycles. The van der Waals surface area contributed by atoms with E-state index in [1.807, 2.05) is 27.7 Å². The lowest BCUT2D eigenvalue weighted by Crippen LogP contribution is -2.66. The van der Waals surface area contributed by atoms with Crippen LogP contribution in [0.1, 0.15) is 79.1 Å². The van der Waals surface area contributed by atoms with Crippen LogP contribution in [0.4, 0.5) is 0 Å². The van der Waals surface area contributed by atoms with Gasteiger partial charge >= 0.3 is 11.9 Å². The number of ether oxygens (including phenoxy) is 2. The van der Waals surface area contributed by atoms with Crippen molar-refractivity contribution in [3.8, 4) is 0 Å². The minimum absolute atomic E-state index is 0.391. The van der Waals surface area contributed by atoms with Gasteiger partial charge in [0.1, 0.15) is 24.4 Å². The summed E-state index contributed by atoms with van der Waals surface area (Å²) in [5.41, 5.74) is 0. The predicted molar refractivity (Wildman–Crippen MR) is 110 cm³/mol. The number of aliphatic hydroxyl groups excluding tert-OH is 4. The molecule has 0 amide bonds. The summed E-state index contributed by atoms with van der Waals surface area (Å²) in [5.74, 6) is -1.92. The highest BCUT2D eigenvalue weighted by atomic mass is 16.6. The number of carbonyl (C=O) groups is 2. The van der Waals surface area contributed by atoms with Gasteiger partial charge in [-0.3, -0.25) is 9.59 Å². The Hall–Kier alpha value is -1.22.